The van der Waals surface area contributed by atoms with E-state index in [2.05, 4.69) is 10.6 Å². The summed E-state index contributed by atoms with van der Waals surface area (Å²) in [5, 5.41) is 6.80. The van der Waals surface area contributed by atoms with E-state index in [4.69, 9.17) is 12.2 Å². The average molecular weight is 288 g/mol. The standard InChI is InChI=1S/C16H17FN2S/c17-15-9-5-4-8-14(15)10-11-18-16(20)19-12-13-6-2-1-3-7-13/h1-9H,10-12H2,(H2,18,19,20). The summed E-state index contributed by atoms with van der Waals surface area (Å²) in [5.41, 5.74) is 1.87. The topological polar surface area (TPSA) is 24.1 Å². The van der Waals surface area contributed by atoms with E-state index in [0.29, 0.717) is 30.2 Å². The van der Waals surface area contributed by atoms with Gasteiger partial charge in [0.15, 0.2) is 5.11 Å². The van der Waals surface area contributed by atoms with Crippen molar-refractivity contribution in [2.24, 2.45) is 0 Å². The molecule has 4 heteroatoms. The summed E-state index contributed by atoms with van der Waals surface area (Å²) in [6.07, 6.45) is 0.611. The Kier molecular flexibility index (Phi) is 5.50. The molecule has 0 amide bonds. The van der Waals surface area contributed by atoms with Crippen LogP contribution in [0, 0.1) is 5.82 Å². The molecule has 0 bridgehead atoms. The van der Waals surface area contributed by atoms with E-state index in [1.807, 2.05) is 36.4 Å². The number of hydrogen-bond donors (Lipinski definition) is 2. The Morgan fingerprint density at radius 2 is 1.65 bits per heavy atom. The van der Waals surface area contributed by atoms with E-state index in [-0.39, 0.29) is 5.82 Å². The SMILES string of the molecule is Fc1ccccc1CCNC(=S)NCc1ccccc1. The van der Waals surface area contributed by atoms with Gasteiger partial charge in [0.2, 0.25) is 0 Å². The van der Waals surface area contributed by atoms with Crippen LogP contribution in [0.4, 0.5) is 4.39 Å². The van der Waals surface area contributed by atoms with Crippen LogP contribution in [0.3, 0.4) is 0 Å². The number of hydrogen-bond acceptors (Lipinski definition) is 1. The van der Waals surface area contributed by atoms with E-state index >= 15 is 0 Å². The second-order valence-corrected chi connectivity index (χ2v) is 4.84. The van der Waals surface area contributed by atoms with Gasteiger partial charge in [0.25, 0.3) is 0 Å². The maximum atomic E-state index is 13.4. The van der Waals surface area contributed by atoms with Gasteiger partial charge in [0, 0.05) is 13.1 Å². The molecule has 0 aliphatic carbocycles. The molecule has 0 aliphatic rings. The Labute approximate surface area is 124 Å². The van der Waals surface area contributed by atoms with Crippen molar-refractivity contribution in [2.45, 2.75) is 13.0 Å². The van der Waals surface area contributed by atoms with Gasteiger partial charge in [-0.05, 0) is 35.8 Å². The van der Waals surface area contributed by atoms with E-state index < -0.39 is 0 Å². The van der Waals surface area contributed by atoms with Crippen molar-refractivity contribution in [1.29, 1.82) is 0 Å². The number of rotatable bonds is 5. The summed E-state index contributed by atoms with van der Waals surface area (Å²) in [5.74, 6) is -0.169. The molecule has 0 atom stereocenters. The molecule has 2 N–H and O–H groups in total. The molecular weight excluding hydrogens is 271 g/mol. The lowest BCUT2D eigenvalue weighted by Gasteiger charge is -2.10. The lowest BCUT2D eigenvalue weighted by Crippen LogP contribution is -2.35. The molecule has 2 nitrogen and oxygen atoms in total. The lowest BCUT2D eigenvalue weighted by atomic mass is 10.1. The van der Waals surface area contributed by atoms with Gasteiger partial charge in [0.1, 0.15) is 5.82 Å². The number of benzene rings is 2. The van der Waals surface area contributed by atoms with Gasteiger partial charge in [-0.3, -0.25) is 0 Å². The quantitative estimate of drug-likeness (QED) is 0.827. The number of nitrogens with one attached hydrogen (secondary N) is 2. The van der Waals surface area contributed by atoms with Crippen LogP contribution in [0.1, 0.15) is 11.1 Å². The Hall–Kier alpha value is -1.94. The van der Waals surface area contributed by atoms with Crippen molar-refractivity contribution < 1.29 is 4.39 Å². The van der Waals surface area contributed by atoms with Gasteiger partial charge < -0.3 is 10.6 Å². The Bertz CT molecular complexity index is 557. The van der Waals surface area contributed by atoms with E-state index in [9.17, 15) is 4.39 Å². The predicted molar refractivity (Wildman–Crippen MR) is 84.0 cm³/mol. The van der Waals surface area contributed by atoms with Crippen molar-refractivity contribution in [3.05, 3.63) is 71.5 Å². The molecule has 0 saturated heterocycles. The molecule has 0 aromatic heterocycles. The van der Waals surface area contributed by atoms with Gasteiger partial charge in [-0.25, -0.2) is 4.39 Å². The number of halogens is 1. The Balaban J connectivity index is 1.69. The Morgan fingerprint density at radius 3 is 2.40 bits per heavy atom. The van der Waals surface area contributed by atoms with Crippen molar-refractivity contribution in [1.82, 2.24) is 10.6 Å². The predicted octanol–water partition coefficient (Wildman–Crippen LogP) is 3.03. The highest BCUT2D eigenvalue weighted by molar-refractivity contribution is 7.80. The Morgan fingerprint density at radius 1 is 0.950 bits per heavy atom. The zero-order chi connectivity index (χ0) is 14.2. The summed E-state index contributed by atoms with van der Waals surface area (Å²) < 4.78 is 13.4. The lowest BCUT2D eigenvalue weighted by molar-refractivity contribution is 0.607. The van der Waals surface area contributed by atoms with Crippen molar-refractivity contribution in [2.75, 3.05) is 6.54 Å². The minimum Gasteiger partial charge on any atom is -0.362 e. The van der Waals surface area contributed by atoms with E-state index in [1.165, 1.54) is 11.6 Å². The fraction of sp³-hybridized carbons (Fsp3) is 0.188. The minimum absolute atomic E-state index is 0.169. The molecule has 0 fully saturated rings. The van der Waals surface area contributed by atoms with Crippen LogP contribution in [0.25, 0.3) is 0 Å². The summed E-state index contributed by atoms with van der Waals surface area (Å²) in [6.45, 7) is 1.30. The summed E-state index contributed by atoms with van der Waals surface area (Å²) in [7, 11) is 0. The maximum absolute atomic E-state index is 13.4. The second-order valence-electron chi connectivity index (χ2n) is 4.44. The zero-order valence-electron chi connectivity index (χ0n) is 11.1. The van der Waals surface area contributed by atoms with Gasteiger partial charge >= 0.3 is 0 Å². The first-order valence-electron chi connectivity index (χ1n) is 6.55. The fourth-order valence-corrected chi connectivity index (χ4v) is 2.03. The molecule has 0 radical (unpaired) electrons. The zero-order valence-corrected chi connectivity index (χ0v) is 11.9. The monoisotopic (exact) mass is 288 g/mol. The molecule has 104 valence electrons. The summed E-state index contributed by atoms with van der Waals surface area (Å²) in [4.78, 5) is 0. The van der Waals surface area contributed by atoms with Crippen LogP contribution in [-0.4, -0.2) is 11.7 Å². The van der Waals surface area contributed by atoms with Gasteiger partial charge in [-0.15, -0.1) is 0 Å². The van der Waals surface area contributed by atoms with Gasteiger partial charge in [-0.1, -0.05) is 48.5 Å². The molecule has 2 aromatic rings. The normalized spacial score (nSPS) is 10.1. The van der Waals surface area contributed by atoms with Gasteiger partial charge in [-0.2, -0.15) is 0 Å². The highest BCUT2D eigenvalue weighted by Crippen LogP contribution is 2.06. The second kappa shape index (κ2) is 7.60. The third-order valence-electron chi connectivity index (χ3n) is 2.93. The van der Waals surface area contributed by atoms with Crippen LogP contribution in [0.15, 0.2) is 54.6 Å². The molecule has 2 rings (SSSR count). The first-order chi connectivity index (χ1) is 9.75. The summed E-state index contributed by atoms with van der Waals surface area (Å²) >= 11 is 5.19. The molecule has 0 unspecified atom stereocenters. The fourth-order valence-electron chi connectivity index (χ4n) is 1.85. The van der Waals surface area contributed by atoms with E-state index in [1.54, 1.807) is 12.1 Å². The van der Waals surface area contributed by atoms with Crippen LogP contribution in [-0.2, 0) is 13.0 Å². The molecule has 20 heavy (non-hydrogen) atoms. The largest absolute Gasteiger partial charge is 0.362 e. The third kappa shape index (κ3) is 4.63. The number of thiocarbonyl (C=S) groups is 1. The highest BCUT2D eigenvalue weighted by atomic mass is 32.1. The first kappa shape index (κ1) is 14.5. The third-order valence-corrected chi connectivity index (χ3v) is 3.22. The highest BCUT2D eigenvalue weighted by Gasteiger charge is 2.01. The van der Waals surface area contributed by atoms with E-state index in [0.717, 1.165) is 0 Å². The van der Waals surface area contributed by atoms with Crippen molar-refractivity contribution >= 4 is 17.3 Å². The molecule has 2 aromatic carbocycles. The first-order valence-corrected chi connectivity index (χ1v) is 6.95. The van der Waals surface area contributed by atoms with Crippen molar-refractivity contribution in [3.8, 4) is 0 Å². The average Bonchev–Trinajstić information content (AvgIpc) is 2.48. The molecule has 0 heterocycles. The molecule has 0 spiro atoms. The van der Waals surface area contributed by atoms with Crippen LogP contribution < -0.4 is 10.6 Å². The maximum Gasteiger partial charge on any atom is 0.166 e. The summed E-state index contributed by atoms with van der Waals surface area (Å²) in [6, 6.07) is 16.8. The molecule has 0 aliphatic heterocycles. The molecular formula is C16H17FN2S. The minimum atomic E-state index is -0.169. The van der Waals surface area contributed by atoms with Crippen LogP contribution >= 0.6 is 12.2 Å². The van der Waals surface area contributed by atoms with Gasteiger partial charge in [0.05, 0.1) is 0 Å². The van der Waals surface area contributed by atoms with Crippen LogP contribution in [0.5, 0.6) is 0 Å². The smallest absolute Gasteiger partial charge is 0.166 e. The molecule has 0 saturated carbocycles. The van der Waals surface area contributed by atoms with Crippen molar-refractivity contribution in [3.63, 3.8) is 0 Å². The van der Waals surface area contributed by atoms with Crippen LogP contribution in [0.2, 0.25) is 0 Å².